The van der Waals surface area contributed by atoms with Crippen molar-refractivity contribution in [3.05, 3.63) is 29.6 Å². The van der Waals surface area contributed by atoms with Gasteiger partial charge < -0.3 is 4.74 Å². The minimum atomic E-state index is -3.38. The van der Waals surface area contributed by atoms with Crippen molar-refractivity contribution in [3.8, 4) is 5.75 Å². The summed E-state index contributed by atoms with van der Waals surface area (Å²) in [7, 11) is -1.82. The van der Waals surface area contributed by atoms with Crippen LogP contribution in [0.3, 0.4) is 0 Å². The molecule has 0 spiro atoms. The van der Waals surface area contributed by atoms with Gasteiger partial charge in [0.15, 0.2) is 0 Å². The van der Waals surface area contributed by atoms with Crippen molar-refractivity contribution in [1.29, 1.82) is 0 Å². The average molecular weight is 316 g/mol. The van der Waals surface area contributed by atoms with E-state index in [0.717, 1.165) is 31.9 Å². The van der Waals surface area contributed by atoms with Crippen LogP contribution in [0.4, 0.5) is 4.39 Å². The lowest BCUT2D eigenvalue weighted by molar-refractivity contribution is 0.205. The molecule has 0 N–H and O–H groups in total. The van der Waals surface area contributed by atoms with E-state index in [0.29, 0.717) is 11.3 Å². The summed E-state index contributed by atoms with van der Waals surface area (Å²) in [5.41, 5.74) is 0.692. The standard InChI is InChI=1S/C15H21FO4S/c1-19-13-7-8-15(16)14(9-13)12-5-3-11(4-6-12)10-20-21(2,17)18/h7-9,11-12H,3-6,10H2,1-2H3/t11-,12-. The normalized spacial score (nSPS) is 23.0. The van der Waals surface area contributed by atoms with E-state index in [-0.39, 0.29) is 24.3 Å². The Labute approximate surface area is 125 Å². The van der Waals surface area contributed by atoms with Gasteiger partial charge >= 0.3 is 0 Å². The summed E-state index contributed by atoms with van der Waals surface area (Å²) >= 11 is 0. The third-order valence-corrected chi connectivity index (χ3v) is 4.57. The molecule has 1 saturated carbocycles. The quantitative estimate of drug-likeness (QED) is 0.783. The number of halogens is 1. The second kappa shape index (κ2) is 6.75. The number of hydrogen-bond donors (Lipinski definition) is 0. The van der Waals surface area contributed by atoms with Gasteiger partial charge in [-0.05, 0) is 61.3 Å². The highest BCUT2D eigenvalue weighted by Crippen LogP contribution is 2.38. The number of methoxy groups -OCH3 is 1. The first kappa shape index (κ1) is 16.2. The molecule has 0 atom stereocenters. The van der Waals surface area contributed by atoms with Crippen molar-refractivity contribution in [2.75, 3.05) is 20.0 Å². The van der Waals surface area contributed by atoms with Gasteiger partial charge in [-0.2, -0.15) is 8.42 Å². The molecular weight excluding hydrogens is 295 g/mol. The Balaban J connectivity index is 1.95. The molecule has 21 heavy (non-hydrogen) atoms. The molecule has 2 rings (SSSR count). The fraction of sp³-hybridized carbons (Fsp3) is 0.600. The number of rotatable bonds is 5. The Morgan fingerprint density at radius 3 is 2.48 bits per heavy atom. The van der Waals surface area contributed by atoms with Gasteiger partial charge in [0, 0.05) is 0 Å². The molecule has 0 amide bonds. The zero-order chi connectivity index (χ0) is 15.5. The topological polar surface area (TPSA) is 52.6 Å². The summed E-state index contributed by atoms with van der Waals surface area (Å²) in [6.45, 7) is 0.228. The highest BCUT2D eigenvalue weighted by atomic mass is 32.2. The summed E-state index contributed by atoms with van der Waals surface area (Å²) in [5, 5.41) is 0. The van der Waals surface area contributed by atoms with Gasteiger partial charge in [-0.1, -0.05) is 0 Å². The molecule has 0 heterocycles. The molecule has 118 valence electrons. The fourth-order valence-electron chi connectivity index (χ4n) is 2.82. The first-order valence-electron chi connectivity index (χ1n) is 7.07. The lowest BCUT2D eigenvalue weighted by Gasteiger charge is -2.28. The molecular formula is C15H21FO4S. The second-order valence-electron chi connectivity index (χ2n) is 5.59. The second-order valence-corrected chi connectivity index (χ2v) is 7.24. The van der Waals surface area contributed by atoms with Crippen LogP contribution in [0.5, 0.6) is 5.75 Å². The maximum absolute atomic E-state index is 13.9. The Morgan fingerprint density at radius 2 is 1.90 bits per heavy atom. The SMILES string of the molecule is COc1ccc(F)c([C@H]2CC[C@H](COS(C)(=O)=O)CC2)c1. The van der Waals surface area contributed by atoms with Crippen molar-refractivity contribution in [3.63, 3.8) is 0 Å². The largest absolute Gasteiger partial charge is 0.497 e. The first-order valence-corrected chi connectivity index (χ1v) is 8.88. The van der Waals surface area contributed by atoms with Crippen molar-refractivity contribution >= 4 is 10.1 Å². The Morgan fingerprint density at radius 1 is 1.24 bits per heavy atom. The summed E-state index contributed by atoms with van der Waals surface area (Å²) in [5.74, 6) is 0.847. The summed E-state index contributed by atoms with van der Waals surface area (Å²) in [6.07, 6.45) is 4.42. The average Bonchev–Trinajstić information content (AvgIpc) is 2.45. The zero-order valence-corrected chi connectivity index (χ0v) is 13.2. The van der Waals surface area contributed by atoms with E-state index >= 15 is 0 Å². The molecule has 0 aliphatic heterocycles. The number of benzene rings is 1. The molecule has 0 unspecified atom stereocenters. The van der Waals surface area contributed by atoms with Crippen LogP contribution < -0.4 is 4.74 Å². The molecule has 1 aromatic rings. The van der Waals surface area contributed by atoms with Crippen LogP contribution in [0.1, 0.15) is 37.2 Å². The molecule has 4 nitrogen and oxygen atoms in total. The maximum atomic E-state index is 13.9. The summed E-state index contributed by atoms with van der Waals surface area (Å²) < 4.78 is 45.9. The van der Waals surface area contributed by atoms with E-state index in [2.05, 4.69) is 0 Å². The third kappa shape index (κ3) is 4.68. The molecule has 0 aromatic heterocycles. The van der Waals surface area contributed by atoms with Crippen molar-refractivity contribution in [2.24, 2.45) is 5.92 Å². The highest BCUT2D eigenvalue weighted by Gasteiger charge is 2.25. The lowest BCUT2D eigenvalue weighted by atomic mass is 9.79. The number of hydrogen-bond acceptors (Lipinski definition) is 4. The van der Waals surface area contributed by atoms with Crippen molar-refractivity contribution < 1.29 is 21.7 Å². The van der Waals surface area contributed by atoms with Gasteiger partial charge in [0.05, 0.1) is 20.0 Å². The van der Waals surface area contributed by atoms with Crippen LogP contribution in [0.15, 0.2) is 18.2 Å². The molecule has 0 saturated heterocycles. The van der Waals surface area contributed by atoms with Gasteiger partial charge in [0.1, 0.15) is 11.6 Å². The van der Waals surface area contributed by atoms with Gasteiger partial charge in [-0.25, -0.2) is 4.39 Å². The van der Waals surface area contributed by atoms with Crippen LogP contribution in [0, 0.1) is 11.7 Å². The molecule has 1 aliphatic carbocycles. The monoisotopic (exact) mass is 316 g/mol. The van der Waals surface area contributed by atoms with Gasteiger partial charge in [-0.3, -0.25) is 4.18 Å². The smallest absolute Gasteiger partial charge is 0.264 e. The van der Waals surface area contributed by atoms with Gasteiger partial charge in [-0.15, -0.1) is 0 Å². The first-order chi connectivity index (χ1) is 9.89. The summed E-state index contributed by atoms with van der Waals surface area (Å²) in [6, 6.07) is 4.81. The van der Waals surface area contributed by atoms with Crippen LogP contribution in [-0.4, -0.2) is 28.4 Å². The highest BCUT2D eigenvalue weighted by molar-refractivity contribution is 7.85. The molecule has 1 aromatic carbocycles. The predicted octanol–water partition coefficient (Wildman–Crippen LogP) is 3.08. The molecule has 1 fully saturated rings. The van der Waals surface area contributed by atoms with E-state index in [1.165, 1.54) is 6.07 Å². The predicted molar refractivity (Wildman–Crippen MR) is 78.4 cm³/mol. The fourth-order valence-corrected chi connectivity index (χ4v) is 3.26. The van der Waals surface area contributed by atoms with Gasteiger partial charge in [0.2, 0.25) is 0 Å². The zero-order valence-electron chi connectivity index (χ0n) is 12.3. The lowest BCUT2D eigenvalue weighted by Crippen LogP contribution is -2.20. The van der Waals surface area contributed by atoms with E-state index in [9.17, 15) is 12.8 Å². The molecule has 6 heteroatoms. The molecule has 0 bridgehead atoms. The van der Waals surface area contributed by atoms with E-state index in [4.69, 9.17) is 8.92 Å². The maximum Gasteiger partial charge on any atom is 0.264 e. The van der Waals surface area contributed by atoms with Crippen LogP contribution in [0.25, 0.3) is 0 Å². The Bertz CT molecular complexity index is 577. The number of ether oxygens (including phenoxy) is 1. The Hall–Kier alpha value is -1.14. The van der Waals surface area contributed by atoms with E-state index in [1.54, 1.807) is 19.2 Å². The summed E-state index contributed by atoms with van der Waals surface area (Å²) in [4.78, 5) is 0. The van der Waals surface area contributed by atoms with Crippen molar-refractivity contribution in [2.45, 2.75) is 31.6 Å². The van der Waals surface area contributed by atoms with Crippen molar-refractivity contribution in [1.82, 2.24) is 0 Å². The third-order valence-electron chi connectivity index (χ3n) is 4.01. The Kier molecular flexibility index (Phi) is 5.22. The van der Waals surface area contributed by atoms with E-state index in [1.807, 2.05) is 0 Å². The molecule has 1 aliphatic rings. The van der Waals surface area contributed by atoms with Crippen LogP contribution in [-0.2, 0) is 14.3 Å². The minimum absolute atomic E-state index is 0.162. The van der Waals surface area contributed by atoms with Gasteiger partial charge in [0.25, 0.3) is 10.1 Å². The minimum Gasteiger partial charge on any atom is -0.497 e. The van der Waals surface area contributed by atoms with Crippen LogP contribution in [0.2, 0.25) is 0 Å². The van der Waals surface area contributed by atoms with E-state index < -0.39 is 10.1 Å². The van der Waals surface area contributed by atoms with Crippen LogP contribution >= 0.6 is 0 Å². The molecule has 0 radical (unpaired) electrons.